The quantitative estimate of drug-likeness (QED) is 0.684. The van der Waals surface area contributed by atoms with Gasteiger partial charge in [0.2, 0.25) is 11.8 Å². The zero-order valence-corrected chi connectivity index (χ0v) is 13.7. The van der Waals surface area contributed by atoms with Gasteiger partial charge in [-0.3, -0.25) is 9.59 Å². The highest BCUT2D eigenvalue weighted by Gasteiger charge is 2.56. The molecule has 0 aromatic carbocycles. The molecular weight excluding hydrogens is 292 g/mol. The molecule has 6 heteroatoms. The van der Waals surface area contributed by atoms with Crippen molar-refractivity contribution in [2.45, 2.75) is 68.5 Å². The van der Waals surface area contributed by atoms with Crippen molar-refractivity contribution in [1.82, 2.24) is 10.2 Å². The standard InChI is InChI=1S/C17H28N4O2/c18-15(23)13-2-1-3-21(13)14(22)9-20-17-7-11-4-12(8-17)6-16(19,5-11)10-17/h11-13,20H,1-10,19H2,(H2,18,23). The van der Waals surface area contributed by atoms with Gasteiger partial charge in [0.25, 0.3) is 0 Å². The minimum Gasteiger partial charge on any atom is -0.368 e. The maximum absolute atomic E-state index is 12.6. The molecule has 5 rings (SSSR count). The third-order valence-electron chi connectivity index (χ3n) is 6.62. The van der Waals surface area contributed by atoms with Crippen LogP contribution in [-0.4, -0.2) is 46.9 Å². The Morgan fingerprint density at radius 1 is 1.17 bits per heavy atom. The van der Waals surface area contributed by atoms with Crippen LogP contribution in [-0.2, 0) is 9.59 Å². The van der Waals surface area contributed by atoms with E-state index in [0.29, 0.717) is 31.3 Å². The predicted molar refractivity (Wildman–Crippen MR) is 86.3 cm³/mol. The topological polar surface area (TPSA) is 101 Å². The first-order chi connectivity index (χ1) is 10.9. The van der Waals surface area contributed by atoms with E-state index in [1.807, 2.05) is 0 Å². The second-order valence-corrected chi connectivity index (χ2v) is 8.60. The predicted octanol–water partition coefficient (Wildman–Crippen LogP) is 0.102. The normalized spacial score (nSPS) is 44.7. The maximum Gasteiger partial charge on any atom is 0.240 e. The van der Waals surface area contributed by atoms with Crippen molar-refractivity contribution in [3.63, 3.8) is 0 Å². The Labute approximate surface area is 137 Å². The Bertz CT molecular complexity index is 521. The van der Waals surface area contributed by atoms with E-state index in [9.17, 15) is 9.59 Å². The summed E-state index contributed by atoms with van der Waals surface area (Å²) in [6, 6.07) is -0.415. The fourth-order valence-electron chi connectivity index (χ4n) is 6.27. The van der Waals surface area contributed by atoms with Gasteiger partial charge in [-0.15, -0.1) is 0 Å². The lowest BCUT2D eigenvalue weighted by atomic mass is 9.50. The van der Waals surface area contributed by atoms with E-state index in [4.69, 9.17) is 11.5 Å². The molecule has 4 aliphatic carbocycles. The van der Waals surface area contributed by atoms with Gasteiger partial charge in [-0.25, -0.2) is 0 Å². The Hall–Kier alpha value is -1.14. The Morgan fingerprint density at radius 3 is 2.48 bits per heavy atom. The summed E-state index contributed by atoms with van der Waals surface area (Å²) in [6.07, 6.45) is 8.45. The second kappa shape index (κ2) is 5.18. The van der Waals surface area contributed by atoms with Crippen LogP contribution in [0.4, 0.5) is 0 Å². The molecule has 128 valence electrons. The average Bonchev–Trinajstić information content (AvgIpc) is 2.91. The second-order valence-electron chi connectivity index (χ2n) is 8.60. The zero-order chi connectivity index (χ0) is 16.2. The van der Waals surface area contributed by atoms with Crippen LogP contribution in [0.2, 0.25) is 0 Å². The van der Waals surface area contributed by atoms with Gasteiger partial charge in [0.1, 0.15) is 6.04 Å². The molecule has 0 radical (unpaired) electrons. The van der Waals surface area contributed by atoms with Crippen molar-refractivity contribution in [2.75, 3.05) is 13.1 Å². The third kappa shape index (κ3) is 2.66. The highest BCUT2D eigenvalue weighted by Crippen LogP contribution is 2.56. The van der Waals surface area contributed by atoms with Crippen LogP contribution in [0.3, 0.4) is 0 Å². The molecule has 2 amide bonds. The van der Waals surface area contributed by atoms with E-state index in [1.165, 1.54) is 6.42 Å². The van der Waals surface area contributed by atoms with Crippen LogP contribution >= 0.6 is 0 Å². The number of carbonyl (C=O) groups excluding carboxylic acids is 2. The molecule has 5 fully saturated rings. The van der Waals surface area contributed by atoms with Gasteiger partial charge in [0.15, 0.2) is 0 Å². The fourth-order valence-corrected chi connectivity index (χ4v) is 6.27. The molecule has 4 saturated carbocycles. The molecule has 3 atom stereocenters. The molecule has 0 aromatic rings. The summed E-state index contributed by atoms with van der Waals surface area (Å²) in [5.74, 6) is 1.06. The Kier molecular flexibility index (Phi) is 3.47. The van der Waals surface area contributed by atoms with Crippen molar-refractivity contribution in [1.29, 1.82) is 0 Å². The molecule has 4 bridgehead atoms. The molecule has 5 aliphatic rings. The molecular formula is C17H28N4O2. The molecule has 6 nitrogen and oxygen atoms in total. The van der Waals surface area contributed by atoms with Crippen LogP contribution in [0, 0.1) is 11.8 Å². The molecule has 1 heterocycles. The average molecular weight is 320 g/mol. The molecule has 3 unspecified atom stereocenters. The first kappa shape index (κ1) is 15.4. The summed E-state index contributed by atoms with van der Waals surface area (Å²) in [5, 5.41) is 3.57. The minimum atomic E-state index is -0.415. The van der Waals surface area contributed by atoms with Crippen molar-refractivity contribution >= 4 is 11.8 Å². The summed E-state index contributed by atoms with van der Waals surface area (Å²) >= 11 is 0. The van der Waals surface area contributed by atoms with Crippen LogP contribution in [0.25, 0.3) is 0 Å². The number of nitrogens with two attached hydrogens (primary N) is 2. The molecule has 0 aromatic heterocycles. The number of likely N-dealkylation sites (tertiary alicyclic amines) is 1. The molecule has 0 spiro atoms. The first-order valence-electron chi connectivity index (χ1n) is 9.01. The summed E-state index contributed by atoms with van der Waals surface area (Å²) in [7, 11) is 0. The third-order valence-corrected chi connectivity index (χ3v) is 6.62. The lowest BCUT2D eigenvalue weighted by Gasteiger charge is -2.61. The number of primary amides is 1. The molecule has 1 saturated heterocycles. The van der Waals surface area contributed by atoms with Gasteiger partial charge in [-0.1, -0.05) is 0 Å². The van der Waals surface area contributed by atoms with E-state index < -0.39 is 6.04 Å². The number of nitrogens with one attached hydrogen (secondary N) is 1. The number of amides is 2. The fraction of sp³-hybridized carbons (Fsp3) is 0.882. The van der Waals surface area contributed by atoms with E-state index in [1.54, 1.807) is 4.90 Å². The SMILES string of the molecule is NC(=O)C1CCCN1C(=O)CNC12CC3CC(CC(N)(C3)C1)C2. The number of rotatable bonds is 4. The van der Waals surface area contributed by atoms with Gasteiger partial charge in [-0.05, 0) is 63.2 Å². The number of carbonyl (C=O) groups is 2. The van der Waals surface area contributed by atoms with E-state index in [-0.39, 0.29) is 22.9 Å². The number of nitrogens with zero attached hydrogens (tertiary/aromatic N) is 1. The van der Waals surface area contributed by atoms with E-state index in [0.717, 1.165) is 38.5 Å². The van der Waals surface area contributed by atoms with E-state index in [2.05, 4.69) is 5.32 Å². The van der Waals surface area contributed by atoms with Crippen molar-refractivity contribution in [2.24, 2.45) is 23.3 Å². The lowest BCUT2D eigenvalue weighted by molar-refractivity contribution is -0.137. The molecule has 1 aliphatic heterocycles. The van der Waals surface area contributed by atoms with Gasteiger partial charge in [-0.2, -0.15) is 0 Å². The van der Waals surface area contributed by atoms with Crippen LogP contribution in [0.5, 0.6) is 0 Å². The highest BCUT2D eigenvalue weighted by atomic mass is 16.2. The highest BCUT2D eigenvalue weighted by molar-refractivity contribution is 5.88. The van der Waals surface area contributed by atoms with Crippen LogP contribution in [0.1, 0.15) is 51.4 Å². The van der Waals surface area contributed by atoms with Gasteiger partial charge < -0.3 is 21.7 Å². The Morgan fingerprint density at radius 2 is 1.87 bits per heavy atom. The largest absolute Gasteiger partial charge is 0.368 e. The van der Waals surface area contributed by atoms with Crippen LogP contribution < -0.4 is 16.8 Å². The summed E-state index contributed by atoms with van der Waals surface area (Å²) in [4.78, 5) is 25.7. The van der Waals surface area contributed by atoms with Crippen molar-refractivity contribution in [3.05, 3.63) is 0 Å². The molecule has 23 heavy (non-hydrogen) atoms. The summed E-state index contributed by atoms with van der Waals surface area (Å²) in [5.41, 5.74) is 12.0. The van der Waals surface area contributed by atoms with Crippen molar-refractivity contribution in [3.8, 4) is 0 Å². The summed E-state index contributed by atoms with van der Waals surface area (Å²) < 4.78 is 0. The number of hydrogen-bond acceptors (Lipinski definition) is 4. The lowest BCUT2D eigenvalue weighted by Crippen LogP contribution is -2.68. The summed E-state index contributed by atoms with van der Waals surface area (Å²) in [6.45, 7) is 0.951. The molecule has 5 N–H and O–H groups in total. The Balaban J connectivity index is 1.41. The van der Waals surface area contributed by atoms with Gasteiger partial charge in [0, 0.05) is 17.6 Å². The van der Waals surface area contributed by atoms with E-state index >= 15 is 0 Å². The van der Waals surface area contributed by atoms with Crippen LogP contribution in [0.15, 0.2) is 0 Å². The van der Waals surface area contributed by atoms with Gasteiger partial charge >= 0.3 is 0 Å². The monoisotopic (exact) mass is 320 g/mol. The minimum absolute atomic E-state index is 0.00752. The van der Waals surface area contributed by atoms with Gasteiger partial charge in [0.05, 0.1) is 6.54 Å². The van der Waals surface area contributed by atoms with Crippen molar-refractivity contribution < 1.29 is 9.59 Å². The maximum atomic E-state index is 12.6. The first-order valence-corrected chi connectivity index (χ1v) is 9.01. The number of hydrogen-bond donors (Lipinski definition) is 3. The zero-order valence-electron chi connectivity index (χ0n) is 13.7. The smallest absolute Gasteiger partial charge is 0.240 e.